The second-order valence-corrected chi connectivity index (χ2v) is 6.21. The molecular formula is C17H23N3O2. The van der Waals surface area contributed by atoms with Gasteiger partial charge in [-0.05, 0) is 18.2 Å². The van der Waals surface area contributed by atoms with Gasteiger partial charge in [0.15, 0.2) is 0 Å². The molecule has 0 atom stereocenters. The van der Waals surface area contributed by atoms with Crippen molar-refractivity contribution >= 4 is 5.91 Å². The molecular weight excluding hydrogens is 278 g/mol. The topological polar surface area (TPSA) is 56.2 Å². The molecule has 0 bridgehead atoms. The van der Waals surface area contributed by atoms with E-state index in [2.05, 4.69) is 31.2 Å². The van der Waals surface area contributed by atoms with Crippen LogP contribution in [0.3, 0.4) is 0 Å². The highest BCUT2D eigenvalue weighted by Gasteiger charge is 2.21. The van der Waals surface area contributed by atoms with E-state index in [4.69, 9.17) is 4.74 Å². The summed E-state index contributed by atoms with van der Waals surface area (Å²) in [7, 11) is 1.78. The third-order valence-corrected chi connectivity index (χ3v) is 3.28. The predicted octanol–water partition coefficient (Wildman–Crippen LogP) is 2.53. The van der Waals surface area contributed by atoms with Gasteiger partial charge in [0.25, 0.3) is 5.91 Å². The van der Waals surface area contributed by atoms with Crippen LogP contribution in [0.5, 0.6) is 5.75 Å². The molecule has 0 saturated carbocycles. The van der Waals surface area contributed by atoms with Gasteiger partial charge in [0, 0.05) is 12.5 Å². The Hall–Kier alpha value is -2.30. The van der Waals surface area contributed by atoms with Crippen LogP contribution in [-0.2, 0) is 12.5 Å². The predicted molar refractivity (Wildman–Crippen MR) is 86.2 cm³/mol. The Morgan fingerprint density at radius 3 is 2.55 bits per heavy atom. The Morgan fingerprint density at radius 1 is 1.27 bits per heavy atom. The van der Waals surface area contributed by atoms with Crippen LogP contribution in [0.15, 0.2) is 36.4 Å². The smallest absolute Gasteiger partial charge is 0.269 e. The lowest BCUT2D eigenvalue weighted by Gasteiger charge is -2.13. The van der Waals surface area contributed by atoms with Gasteiger partial charge in [-0.2, -0.15) is 5.10 Å². The van der Waals surface area contributed by atoms with Gasteiger partial charge >= 0.3 is 0 Å². The third-order valence-electron chi connectivity index (χ3n) is 3.28. The second kappa shape index (κ2) is 6.64. The second-order valence-electron chi connectivity index (χ2n) is 6.21. The van der Waals surface area contributed by atoms with Gasteiger partial charge < -0.3 is 10.1 Å². The SMILES string of the molecule is Cn1nc(C(C)(C)C)cc1C(=O)NCCOc1ccccc1. The van der Waals surface area contributed by atoms with Gasteiger partial charge in [-0.25, -0.2) is 0 Å². The fourth-order valence-corrected chi connectivity index (χ4v) is 1.99. The number of nitrogens with one attached hydrogen (secondary N) is 1. The number of hydrogen-bond donors (Lipinski definition) is 1. The molecule has 0 saturated heterocycles. The maximum absolute atomic E-state index is 12.2. The molecule has 0 aliphatic carbocycles. The van der Waals surface area contributed by atoms with E-state index in [1.807, 2.05) is 36.4 Å². The number of aromatic nitrogens is 2. The molecule has 0 aliphatic heterocycles. The van der Waals surface area contributed by atoms with Crippen LogP contribution in [0.25, 0.3) is 0 Å². The average Bonchev–Trinajstić information content (AvgIpc) is 2.87. The molecule has 5 nitrogen and oxygen atoms in total. The van der Waals surface area contributed by atoms with Crippen LogP contribution in [-0.4, -0.2) is 28.8 Å². The fraction of sp³-hybridized carbons (Fsp3) is 0.412. The van der Waals surface area contributed by atoms with E-state index in [0.29, 0.717) is 18.8 Å². The van der Waals surface area contributed by atoms with Crippen LogP contribution in [0, 0.1) is 0 Å². The highest BCUT2D eigenvalue weighted by molar-refractivity contribution is 5.92. The van der Waals surface area contributed by atoms with Gasteiger partial charge in [0.05, 0.1) is 12.2 Å². The molecule has 0 fully saturated rings. The van der Waals surface area contributed by atoms with Crippen molar-refractivity contribution in [3.05, 3.63) is 47.8 Å². The van der Waals surface area contributed by atoms with E-state index in [0.717, 1.165) is 11.4 Å². The molecule has 0 aliphatic rings. The number of para-hydroxylation sites is 1. The van der Waals surface area contributed by atoms with Crippen molar-refractivity contribution in [2.45, 2.75) is 26.2 Å². The number of hydrogen-bond acceptors (Lipinski definition) is 3. The molecule has 1 N–H and O–H groups in total. The van der Waals surface area contributed by atoms with Crippen molar-refractivity contribution in [2.24, 2.45) is 7.05 Å². The van der Waals surface area contributed by atoms with E-state index in [1.54, 1.807) is 11.7 Å². The number of carbonyl (C=O) groups is 1. The zero-order valence-corrected chi connectivity index (χ0v) is 13.6. The van der Waals surface area contributed by atoms with Crippen molar-refractivity contribution < 1.29 is 9.53 Å². The first-order chi connectivity index (χ1) is 10.4. The molecule has 1 aromatic carbocycles. The highest BCUT2D eigenvalue weighted by atomic mass is 16.5. The Kier molecular flexibility index (Phi) is 4.85. The summed E-state index contributed by atoms with van der Waals surface area (Å²) >= 11 is 0. The number of amides is 1. The molecule has 118 valence electrons. The van der Waals surface area contributed by atoms with Gasteiger partial charge in [-0.1, -0.05) is 39.0 Å². The van der Waals surface area contributed by atoms with Crippen LogP contribution < -0.4 is 10.1 Å². The molecule has 1 aromatic heterocycles. The normalized spacial score (nSPS) is 11.3. The zero-order valence-electron chi connectivity index (χ0n) is 13.6. The minimum absolute atomic E-state index is 0.0767. The maximum Gasteiger partial charge on any atom is 0.269 e. The monoisotopic (exact) mass is 301 g/mol. The van der Waals surface area contributed by atoms with E-state index < -0.39 is 0 Å². The van der Waals surface area contributed by atoms with E-state index in [9.17, 15) is 4.79 Å². The number of carbonyl (C=O) groups excluding carboxylic acids is 1. The van der Waals surface area contributed by atoms with Crippen molar-refractivity contribution in [1.82, 2.24) is 15.1 Å². The van der Waals surface area contributed by atoms with Crippen molar-refractivity contribution in [1.29, 1.82) is 0 Å². The summed E-state index contributed by atoms with van der Waals surface area (Å²) < 4.78 is 7.16. The molecule has 1 amide bonds. The van der Waals surface area contributed by atoms with Crippen LogP contribution in [0.4, 0.5) is 0 Å². The molecule has 2 rings (SSSR count). The fourth-order valence-electron chi connectivity index (χ4n) is 1.99. The molecule has 5 heteroatoms. The van der Waals surface area contributed by atoms with E-state index in [1.165, 1.54) is 0 Å². The summed E-state index contributed by atoms with van der Waals surface area (Å²) in [5.74, 6) is 0.662. The van der Waals surface area contributed by atoms with Gasteiger partial charge in [-0.15, -0.1) is 0 Å². The third kappa shape index (κ3) is 4.10. The first-order valence-corrected chi connectivity index (χ1v) is 7.38. The molecule has 2 aromatic rings. The number of aryl methyl sites for hydroxylation is 1. The Labute approximate surface area is 131 Å². The number of nitrogens with zero attached hydrogens (tertiary/aromatic N) is 2. The van der Waals surface area contributed by atoms with Crippen LogP contribution >= 0.6 is 0 Å². The largest absolute Gasteiger partial charge is 0.492 e. The molecule has 0 unspecified atom stereocenters. The molecule has 1 heterocycles. The van der Waals surface area contributed by atoms with Crippen molar-refractivity contribution in [3.63, 3.8) is 0 Å². The lowest BCUT2D eigenvalue weighted by Crippen LogP contribution is -2.29. The Bertz CT molecular complexity index is 627. The van der Waals surface area contributed by atoms with E-state index >= 15 is 0 Å². The summed E-state index contributed by atoms with van der Waals surface area (Å²) in [6, 6.07) is 11.4. The van der Waals surface area contributed by atoms with Crippen molar-refractivity contribution in [3.8, 4) is 5.75 Å². The van der Waals surface area contributed by atoms with Gasteiger partial charge in [0.2, 0.25) is 0 Å². The van der Waals surface area contributed by atoms with E-state index in [-0.39, 0.29) is 11.3 Å². The van der Waals surface area contributed by atoms with Crippen molar-refractivity contribution in [2.75, 3.05) is 13.2 Å². The molecule has 0 radical (unpaired) electrons. The number of ether oxygens (including phenoxy) is 1. The maximum atomic E-state index is 12.2. The Balaban J connectivity index is 1.86. The Morgan fingerprint density at radius 2 is 1.95 bits per heavy atom. The number of benzene rings is 1. The van der Waals surface area contributed by atoms with Gasteiger partial charge in [0.1, 0.15) is 18.1 Å². The average molecular weight is 301 g/mol. The van der Waals surface area contributed by atoms with Crippen LogP contribution in [0.2, 0.25) is 0 Å². The minimum atomic E-state index is -0.137. The summed E-state index contributed by atoms with van der Waals surface area (Å²) in [6.45, 7) is 7.10. The quantitative estimate of drug-likeness (QED) is 0.863. The summed E-state index contributed by atoms with van der Waals surface area (Å²) in [6.07, 6.45) is 0. The van der Waals surface area contributed by atoms with Crippen LogP contribution in [0.1, 0.15) is 37.0 Å². The minimum Gasteiger partial charge on any atom is -0.492 e. The highest BCUT2D eigenvalue weighted by Crippen LogP contribution is 2.21. The lowest BCUT2D eigenvalue weighted by molar-refractivity contribution is 0.0937. The lowest BCUT2D eigenvalue weighted by atomic mass is 9.92. The first-order valence-electron chi connectivity index (χ1n) is 7.38. The number of rotatable bonds is 5. The molecule has 0 spiro atoms. The summed E-state index contributed by atoms with van der Waals surface area (Å²) in [5.41, 5.74) is 1.39. The van der Waals surface area contributed by atoms with Gasteiger partial charge in [-0.3, -0.25) is 9.48 Å². The summed E-state index contributed by atoms with van der Waals surface area (Å²) in [5, 5.41) is 7.25. The standard InChI is InChI=1S/C17H23N3O2/c1-17(2,3)15-12-14(20(4)19-15)16(21)18-10-11-22-13-8-6-5-7-9-13/h5-9,12H,10-11H2,1-4H3,(H,18,21). The zero-order chi connectivity index (χ0) is 16.2. The summed E-state index contributed by atoms with van der Waals surface area (Å²) in [4.78, 5) is 12.2. The molecule has 22 heavy (non-hydrogen) atoms. The first kappa shape index (κ1) is 16.1.